The molecule has 3 rings (SSSR count). The Kier molecular flexibility index (Phi) is 7.28. The lowest BCUT2D eigenvalue weighted by Gasteiger charge is -2.17. The normalized spacial score (nSPS) is 15.8. The van der Waals surface area contributed by atoms with E-state index < -0.39 is 17.8 Å². The Bertz CT molecular complexity index is 922. The zero-order valence-electron chi connectivity index (χ0n) is 18.1. The van der Waals surface area contributed by atoms with Crippen molar-refractivity contribution in [3.05, 3.63) is 54.1 Å². The highest BCUT2D eigenvalue weighted by Gasteiger charge is 2.36. The van der Waals surface area contributed by atoms with E-state index in [-0.39, 0.29) is 31.6 Å². The topological polar surface area (TPSA) is 84.9 Å². The molecule has 1 saturated heterocycles. The van der Waals surface area contributed by atoms with E-state index in [4.69, 9.17) is 9.47 Å². The minimum Gasteiger partial charge on any atom is -0.491 e. The Labute approximate surface area is 182 Å². The molecular weight excluding hydrogens is 396 g/mol. The molecule has 0 unspecified atom stereocenters. The summed E-state index contributed by atoms with van der Waals surface area (Å²) in [6.45, 7) is 5.77. The molecule has 1 heterocycles. The molecule has 2 amide bonds. The number of esters is 1. The van der Waals surface area contributed by atoms with Crippen molar-refractivity contribution < 1.29 is 23.9 Å². The first kappa shape index (κ1) is 22.3. The van der Waals surface area contributed by atoms with Gasteiger partial charge in [0.1, 0.15) is 5.75 Å². The minimum absolute atomic E-state index is 0.0587. The maximum Gasteiger partial charge on any atom is 0.311 e. The molecule has 0 aromatic heterocycles. The average molecular weight is 424 g/mol. The van der Waals surface area contributed by atoms with E-state index in [1.165, 1.54) is 5.56 Å². The van der Waals surface area contributed by atoms with Crippen LogP contribution in [0.3, 0.4) is 0 Å². The van der Waals surface area contributed by atoms with E-state index in [1.807, 2.05) is 38.1 Å². The van der Waals surface area contributed by atoms with Crippen LogP contribution in [-0.2, 0) is 25.5 Å². The number of anilines is 2. The summed E-state index contributed by atoms with van der Waals surface area (Å²) in [4.78, 5) is 38.4. The van der Waals surface area contributed by atoms with Gasteiger partial charge in [0.2, 0.25) is 5.91 Å². The Balaban J connectivity index is 1.49. The number of nitrogens with one attached hydrogen (secondary N) is 1. The van der Waals surface area contributed by atoms with Crippen LogP contribution in [0, 0.1) is 5.92 Å². The number of rotatable bonds is 8. The Hall–Kier alpha value is -3.35. The number of nitrogens with zero attached hydrogens (tertiary/aromatic N) is 1. The van der Waals surface area contributed by atoms with Gasteiger partial charge in [0.05, 0.1) is 12.0 Å². The molecular formula is C24H28N2O5. The molecule has 0 aliphatic carbocycles. The second kappa shape index (κ2) is 10.1. The third kappa shape index (κ3) is 6.07. The van der Waals surface area contributed by atoms with E-state index in [1.54, 1.807) is 29.2 Å². The van der Waals surface area contributed by atoms with Crippen molar-refractivity contribution >= 4 is 29.2 Å². The van der Waals surface area contributed by atoms with Gasteiger partial charge < -0.3 is 19.7 Å². The summed E-state index contributed by atoms with van der Waals surface area (Å²) in [6, 6.07) is 14.7. The maximum absolute atomic E-state index is 12.4. The SMILES string of the molecule is CCc1ccc(NC(=O)COC(=O)[C@H]2CC(=O)N(c3ccc(OC(C)C)cc3)C2)cc1. The van der Waals surface area contributed by atoms with Crippen molar-refractivity contribution in [1.29, 1.82) is 0 Å². The predicted molar refractivity (Wildman–Crippen MR) is 118 cm³/mol. The third-order valence-electron chi connectivity index (χ3n) is 4.97. The Morgan fingerprint density at radius 1 is 1.10 bits per heavy atom. The molecule has 164 valence electrons. The molecule has 0 radical (unpaired) electrons. The molecule has 1 atom stereocenters. The Morgan fingerprint density at radius 2 is 1.77 bits per heavy atom. The molecule has 1 N–H and O–H groups in total. The van der Waals surface area contributed by atoms with Gasteiger partial charge in [-0.2, -0.15) is 0 Å². The van der Waals surface area contributed by atoms with Crippen LogP contribution in [0.5, 0.6) is 5.75 Å². The van der Waals surface area contributed by atoms with Gasteiger partial charge in [-0.3, -0.25) is 14.4 Å². The van der Waals surface area contributed by atoms with E-state index >= 15 is 0 Å². The second-order valence-corrected chi connectivity index (χ2v) is 7.77. The first-order chi connectivity index (χ1) is 14.9. The van der Waals surface area contributed by atoms with Crippen molar-refractivity contribution in [3.63, 3.8) is 0 Å². The number of amides is 2. The van der Waals surface area contributed by atoms with Crippen molar-refractivity contribution in [1.82, 2.24) is 0 Å². The van der Waals surface area contributed by atoms with E-state index in [9.17, 15) is 14.4 Å². The fourth-order valence-electron chi connectivity index (χ4n) is 3.37. The number of ether oxygens (including phenoxy) is 2. The van der Waals surface area contributed by atoms with Crippen molar-refractivity contribution in [2.24, 2.45) is 5.92 Å². The highest BCUT2D eigenvalue weighted by molar-refractivity contribution is 6.00. The number of aryl methyl sites for hydroxylation is 1. The van der Waals surface area contributed by atoms with Crippen LogP contribution in [-0.4, -0.2) is 37.0 Å². The standard InChI is InChI=1S/C24H28N2O5/c1-4-17-5-7-19(8-6-17)25-22(27)15-30-24(29)18-13-23(28)26(14-18)20-9-11-21(12-10-20)31-16(2)3/h5-12,16,18H,4,13-15H2,1-3H3,(H,25,27)/t18-/m0/s1. The van der Waals surface area contributed by atoms with Crippen LogP contribution in [0.4, 0.5) is 11.4 Å². The molecule has 1 aliphatic rings. The molecule has 1 aliphatic heterocycles. The first-order valence-electron chi connectivity index (χ1n) is 10.5. The maximum atomic E-state index is 12.4. The summed E-state index contributed by atoms with van der Waals surface area (Å²) in [5.41, 5.74) is 2.51. The number of hydrogen-bond donors (Lipinski definition) is 1. The number of hydrogen-bond acceptors (Lipinski definition) is 5. The van der Waals surface area contributed by atoms with Gasteiger partial charge in [0.25, 0.3) is 5.91 Å². The Morgan fingerprint density at radius 3 is 2.39 bits per heavy atom. The molecule has 0 saturated carbocycles. The zero-order chi connectivity index (χ0) is 22.4. The van der Waals surface area contributed by atoms with Crippen molar-refractivity contribution in [2.75, 3.05) is 23.4 Å². The van der Waals surface area contributed by atoms with Crippen LogP contribution < -0.4 is 15.0 Å². The van der Waals surface area contributed by atoms with Crippen LogP contribution in [0.15, 0.2) is 48.5 Å². The fraction of sp³-hybridized carbons (Fsp3) is 0.375. The first-order valence-corrected chi connectivity index (χ1v) is 10.5. The molecule has 1 fully saturated rings. The lowest BCUT2D eigenvalue weighted by atomic mass is 10.1. The molecule has 0 spiro atoms. The van der Waals surface area contributed by atoms with Crippen molar-refractivity contribution in [3.8, 4) is 5.75 Å². The zero-order valence-corrected chi connectivity index (χ0v) is 18.1. The van der Waals surface area contributed by atoms with Crippen LogP contribution in [0.1, 0.15) is 32.8 Å². The number of carbonyl (C=O) groups excluding carboxylic acids is 3. The van der Waals surface area contributed by atoms with E-state index in [0.29, 0.717) is 11.4 Å². The molecule has 2 aromatic carbocycles. The summed E-state index contributed by atoms with van der Waals surface area (Å²) in [5, 5.41) is 2.70. The van der Waals surface area contributed by atoms with Gasteiger partial charge in [-0.25, -0.2) is 0 Å². The van der Waals surface area contributed by atoms with Crippen LogP contribution >= 0.6 is 0 Å². The lowest BCUT2D eigenvalue weighted by Crippen LogP contribution is -2.28. The smallest absolute Gasteiger partial charge is 0.311 e. The van der Waals surface area contributed by atoms with Gasteiger partial charge in [-0.1, -0.05) is 19.1 Å². The van der Waals surface area contributed by atoms with Gasteiger partial charge in [0, 0.05) is 24.3 Å². The number of carbonyl (C=O) groups is 3. The van der Waals surface area contributed by atoms with E-state index in [0.717, 1.165) is 12.2 Å². The van der Waals surface area contributed by atoms with Gasteiger partial charge >= 0.3 is 5.97 Å². The quantitative estimate of drug-likeness (QED) is 0.655. The molecule has 7 heteroatoms. The van der Waals surface area contributed by atoms with Crippen molar-refractivity contribution in [2.45, 2.75) is 39.7 Å². The van der Waals surface area contributed by atoms with Gasteiger partial charge in [-0.15, -0.1) is 0 Å². The summed E-state index contributed by atoms with van der Waals surface area (Å²) in [7, 11) is 0. The average Bonchev–Trinajstić information content (AvgIpc) is 3.14. The molecule has 2 aromatic rings. The van der Waals surface area contributed by atoms with Crippen LogP contribution in [0.2, 0.25) is 0 Å². The second-order valence-electron chi connectivity index (χ2n) is 7.77. The highest BCUT2D eigenvalue weighted by atomic mass is 16.5. The summed E-state index contributed by atoms with van der Waals surface area (Å²) >= 11 is 0. The van der Waals surface area contributed by atoms with Gasteiger partial charge in [-0.05, 0) is 62.2 Å². The number of benzene rings is 2. The fourth-order valence-corrected chi connectivity index (χ4v) is 3.37. The van der Waals surface area contributed by atoms with E-state index in [2.05, 4.69) is 12.2 Å². The summed E-state index contributed by atoms with van der Waals surface area (Å²) < 4.78 is 10.8. The lowest BCUT2D eigenvalue weighted by molar-refractivity contribution is -0.151. The molecule has 0 bridgehead atoms. The molecule has 31 heavy (non-hydrogen) atoms. The van der Waals surface area contributed by atoms with Gasteiger partial charge in [0.15, 0.2) is 6.61 Å². The monoisotopic (exact) mass is 424 g/mol. The third-order valence-corrected chi connectivity index (χ3v) is 4.97. The highest BCUT2D eigenvalue weighted by Crippen LogP contribution is 2.27. The molecule has 7 nitrogen and oxygen atoms in total. The summed E-state index contributed by atoms with van der Waals surface area (Å²) in [5.74, 6) is -1.00. The minimum atomic E-state index is -0.601. The predicted octanol–water partition coefficient (Wildman–Crippen LogP) is 3.57. The largest absolute Gasteiger partial charge is 0.491 e. The van der Waals surface area contributed by atoms with Crippen LogP contribution in [0.25, 0.3) is 0 Å². The summed E-state index contributed by atoms with van der Waals surface area (Å²) in [6.07, 6.45) is 1.04.